The Kier molecular flexibility index (Phi) is 12.8. The molecule has 0 aliphatic heterocycles. The van der Waals surface area contributed by atoms with Crippen LogP contribution in [0.15, 0.2) is 0 Å². The monoisotopic (exact) mass is 294 g/mol. The Morgan fingerprint density at radius 2 is 1.60 bits per heavy atom. The number of hydrogen-bond donors (Lipinski definition) is 5. The first-order valence-electron chi connectivity index (χ1n) is 7.00. The second kappa shape index (κ2) is 11.9. The second-order valence-corrected chi connectivity index (χ2v) is 5.71. The van der Waals surface area contributed by atoms with Crippen LogP contribution in [0.3, 0.4) is 0 Å². The number of aliphatic hydroxyl groups is 3. The van der Waals surface area contributed by atoms with E-state index in [1.807, 2.05) is 0 Å². The van der Waals surface area contributed by atoms with E-state index in [2.05, 4.69) is 20.8 Å². The van der Waals surface area contributed by atoms with Crippen LogP contribution < -0.4 is 0 Å². The van der Waals surface area contributed by atoms with Gasteiger partial charge in [-0.1, -0.05) is 27.2 Å². The number of carboxylic acid groups (broad SMARTS) is 2. The van der Waals surface area contributed by atoms with E-state index in [9.17, 15) is 5.11 Å². The molecule has 0 heterocycles. The van der Waals surface area contributed by atoms with E-state index >= 15 is 0 Å². The van der Waals surface area contributed by atoms with Crippen LogP contribution >= 0.6 is 0 Å². The standard InChI is InChI=1S/C10H20O.C3H8O2.CH2O3/c1-7(2)9-5-4-8(3)6-10(9)11;1-3(5)2-4;2-1(3)4/h7-11H,4-6H2,1-3H3;3-5H,2H2,1H3;(H2,2,3,4). The highest BCUT2D eigenvalue weighted by molar-refractivity contribution is 5.53. The topological polar surface area (TPSA) is 118 Å². The van der Waals surface area contributed by atoms with Gasteiger partial charge in [0.1, 0.15) is 0 Å². The second-order valence-electron chi connectivity index (χ2n) is 5.71. The van der Waals surface area contributed by atoms with Gasteiger partial charge in [-0.2, -0.15) is 0 Å². The zero-order chi connectivity index (χ0) is 16.3. The molecule has 0 spiro atoms. The molecule has 1 saturated carbocycles. The van der Waals surface area contributed by atoms with Gasteiger partial charge in [-0.15, -0.1) is 0 Å². The third kappa shape index (κ3) is 13.6. The van der Waals surface area contributed by atoms with Crippen molar-refractivity contribution in [3.05, 3.63) is 0 Å². The van der Waals surface area contributed by atoms with E-state index in [1.165, 1.54) is 19.8 Å². The average molecular weight is 294 g/mol. The summed E-state index contributed by atoms with van der Waals surface area (Å²) in [5, 5.41) is 39.7. The fourth-order valence-corrected chi connectivity index (χ4v) is 2.15. The summed E-state index contributed by atoms with van der Waals surface area (Å²) in [5.74, 6) is 1.95. The lowest BCUT2D eigenvalue weighted by Gasteiger charge is -2.33. The van der Waals surface area contributed by atoms with Crippen molar-refractivity contribution in [3.8, 4) is 0 Å². The number of carbonyl (C=O) groups is 1. The molecule has 6 nitrogen and oxygen atoms in total. The Labute approximate surface area is 121 Å². The number of aliphatic hydroxyl groups excluding tert-OH is 3. The largest absolute Gasteiger partial charge is 0.503 e. The number of hydrogen-bond acceptors (Lipinski definition) is 4. The fourth-order valence-electron chi connectivity index (χ4n) is 2.15. The summed E-state index contributed by atoms with van der Waals surface area (Å²) in [6.07, 6.45) is 1.12. The lowest BCUT2D eigenvalue weighted by Crippen LogP contribution is -2.31. The van der Waals surface area contributed by atoms with Gasteiger partial charge in [-0.05, 0) is 37.5 Å². The van der Waals surface area contributed by atoms with E-state index in [-0.39, 0.29) is 12.7 Å². The maximum atomic E-state index is 9.71. The van der Waals surface area contributed by atoms with Crippen molar-refractivity contribution < 1.29 is 30.3 Å². The summed E-state index contributed by atoms with van der Waals surface area (Å²) in [4.78, 5) is 8.56. The van der Waals surface area contributed by atoms with E-state index in [0.29, 0.717) is 11.8 Å². The first-order valence-corrected chi connectivity index (χ1v) is 7.00. The van der Waals surface area contributed by atoms with Gasteiger partial charge in [0.25, 0.3) is 0 Å². The van der Waals surface area contributed by atoms with Crippen LogP contribution in [0.2, 0.25) is 0 Å². The molecule has 0 aromatic carbocycles. The maximum absolute atomic E-state index is 9.71. The minimum absolute atomic E-state index is 0.0289. The highest BCUT2D eigenvalue weighted by Gasteiger charge is 2.28. The average Bonchev–Trinajstić information content (AvgIpc) is 2.28. The van der Waals surface area contributed by atoms with Crippen LogP contribution in [0, 0.1) is 17.8 Å². The summed E-state index contributed by atoms with van der Waals surface area (Å²) in [6, 6.07) is 0. The molecule has 1 aliphatic rings. The van der Waals surface area contributed by atoms with Crippen LogP contribution in [0.1, 0.15) is 47.0 Å². The maximum Gasteiger partial charge on any atom is 0.503 e. The van der Waals surface area contributed by atoms with Crippen LogP contribution in [0.25, 0.3) is 0 Å². The molecule has 0 aromatic heterocycles. The van der Waals surface area contributed by atoms with Crippen LogP contribution in [-0.4, -0.2) is 50.5 Å². The lowest BCUT2D eigenvalue weighted by molar-refractivity contribution is 0.0266. The third-order valence-corrected chi connectivity index (χ3v) is 3.25. The third-order valence-electron chi connectivity index (χ3n) is 3.25. The quantitative estimate of drug-likeness (QED) is 0.532. The van der Waals surface area contributed by atoms with Crippen molar-refractivity contribution in [2.75, 3.05) is 6.61 Å². The number of rotatable bonds is 2. The van der Waals surface area contributed by atoms with Gasteiger partial charge < -0.3 is 25.5 Å². The van der Waals surface area contributed by atoms with E-state index in [0.717, 1.165) is 12.3 Å². The van der Waals surface area contributed by atoms with Crippen molar-refractivity contribution in [3.63, 3.8) is 0 Å². The molecule has 0 amide bonds. The highest BCUT2D eigenvalue weighted by Crippen LogP contribution is 2.33. The molecule has 0 radical (unpaired) electrons. The van der Waals surface area contributed by atoms with Gasteiger partial charge in [-0.25, -0.2) is 4.79 Å². The van der Waals surface area contributed by atoms with E-state index in [4.69, 9.17) is 25.2 Å². The Bertz CT molecular complexity index is 238. The van der Waals surface area contributed by atoms with Gasteiger partial charge in [0.15, 0.2) is 0 Å². The summed E-state index contributed by atoms with van der Waals surface area (Å²) in [5.41, 5.74) is 0. The van der Waals surface area contributed by atoms with Gasteiger partial charge in [0, 0.05) is 0 Å². The molecule has 6 heteroatoms. The molecule has 4 unspecified atom stereocenters. The van der Waals surface area contributed by atoms with Gasteiger partial charge in [0.05, 0.1) is 18.8 Å². The molecule has 5 N–H and O–H groups in total. The summed E-state index contributed by atoms with van der Waals surface area (Å²) >= 11 is 0. The minimum Gasteiger partial charge on any atom is -0.450 e. The molecule has 4 atom stereocenters. The van der Waals surface area contributed by atoms with Crippen molar-refractivity contribution in [1.82, 2.24) is 0 Å². The van der Waals surface area contributed by atoms with Gasteiger partial charge in [-0.3, -0.25) is 0 Å². The predicted octanol–water partition coefficient (Wildman–Crippen LogP) is 2.02. The molecule has 1 aliphatic carbocycles. The fraction of sp³-hybridized carbons (Fsp3) is 0.929. The molecule has 20 heavy (non-hydrogen) atoms. The summed E-state index contributed by atoms with van der Waals surface area (Å²) < 4.78 is 0. The Morgan fingerprint density at radius 1 is 1.20 bits per heavy atom. The molecule has 0 aromatic rings. The highest BCUT2D eigenvalue weighted by atomic mass is 16.6. The zero-order valence-corrected chi connectivity index (χ0v) is 12.9. The van der Waals surface area contributed by atoms with Crippen molar-refractivity contribution in [1.29, 1.82) is 0 Å². The molecule has 122 valence electrons. The predicted molar refractivity (Wildman–Crippen MR) is 76.8 cm³/mol. The smallest absolute Gasteiger partial charge is 0.450 e. The van der Waals surface area contributed by atoms with Crippen molar-refractivity contribution in [2.24, 2.45) is 17.8 Å². The summed E-state index contributed by atoms with van der Waals surface area (Å²) in [7, 11) is 0. The van der Waals surface area contributed by atoms with Gasteiger partial charge in [0.2, 0.25) is 0 Å². The first kappa shape index (κ1) is 21.4. The molecule has 0 saturated heterocycles. The van der Waals surface area contributed by atoms with Crippen molar-refractivity contribution in [2.45, 2.75) is 59.2 Å². The normalized spacial score (nSPS) is 26.7. The molecule has 0 bridgehead atoms. The molecular formula is C14H30O6. The van der Waals surface area contributed by atoms with Crippen LogP contribution in [0.4, 0.5) is 4.79 Å². The minimum atomic E-state index is -1.83. The van der Waals surface area contributed by atoms with Crippen LogP contribution in [0.5, 0.6) is 0 Å². The van der Waals surface area contributed by atoms with Gasteiger partial charge >= 0.3 is 6.16 Å². The Balaban J connectivity index is 0. The van der Waals surface area contributed by atoms with E-state index < -0.39 is 12.3 Å². The van der Waals surface area contributed by atoms with E-state index in [1.54, 1.807) is 0 Å². The molecule has 1 rings (SSSR count). The Morgan fingerprint density at radius 3 is 1.85 bits per heavy atom. The molecule has 1 fully saturated rings. The lowest BCUT2D eigenvalue weighted by atomic mass is 9.75. The first-order chi connectivity index (χ1) is 9.11. The molecular weight excluding hydrogens is 264 g/mol. The van der Waals surface area contributed by atoms with Crippen LogP contribution in [-0.2, 0) is 0 Å². The summed E-state index contributed by atoms with van der Waals surface area (Å²) in [6.45, 7) is 8.05. The Hall–Kier alpha value is -0.850. The van der Waals surface area contributed by atoms with Crippen molar-refractivity contribution >= 4 is 6.16 Å². The zero-order valence-electron chi connectivity index (χ0n) is 12.9. The SMILES string of the molecule is CC(O)CO.CC1CCC(C(C)C)C(O)C1.O=C(O)O.